The minimum atomic E-state index is -0.294. The zero-order valence-electron chi connectivity index (χ0n) is 20.2. The molecule has 0 radical (unpaired) electrons. The number of hydrogen-bond acceptors (Lipinski definition) is 5. The SMILES string of the molecule is CN(C(=O)c1ccc2c(c1)nc(NC(=O)c1cccs1)n2CCCCCC(N)=O)C1CCCCC1. The number of rotatable bonds is 10. The molecule has 186 valence electrons. The van der Waals surface area contributed by atoms with Gasteiger partial charge in [-0.2, -0.15) is 0 Å². The highest BCUT2D eigenvalue weighted by molar-refractivity contribution is 7.12. The number of carbonyl (C=O) groups is 3. The molecule has 2 aromatic heterocycles. The Balaban J connectivity index is 1.56. The highest BCUT2D eigenvalue weighted by Gasteiger charge is 2.24. The first kappa shape index (κ1) is 24.9. The summed E-state index contributed by atoms with van der Waals surface area (Å²) < 4.78 is 1.98. The molecular weight excluding hydrogens is 462 g/mol. The number of carbonyl (C=O) groups excluding carboxylic acids is 3. The Morgan fingerprint density at radius 3 is 2.66 bits per heavy atom. The van der Waals surface area contributed by atoms with E-state index in [2.05, 4.69) is 5.32 Å². The van der Waals surface area contributed by atoms with Crippen molar-refractivity contribution in [2.24, 2.45) is 5.73 Å². The van der Waals surface area contributed by atoms with E-state index in [9.17, 15) is 14.4 Å². The number of aromatic nitrogens is 2. The zero-order chi connectivity index (χ0) is 24.8. The molecule has 0 spiro atoms. The number of hydrogen-bond donors (Lipinski definition) is 2. The quantitative estimate of drug-likeness (QED) is 0.394. The van der Waals surface area contributed by atoms with E-state index in [1.54, 1.807) is 6.07 Å². The van der Waals surface area contributed by atoms with Crippen LogP contribution in [0.4, 0.5) is 5.95 Å². The predicted octanol–water partition coefficient (Wildman–Crippen LogP) is 4.80. The fraction of sp³-hybridized carbons (Fsp3) is 0.462. The third kappa shape index (κ3) is 6.08. The highest BCUT2D eigenvalue weighted by Crippen LogP contribution is 2.26. The van der Waals surface area contributed by atoms with Crippen molar-refractivity contribution in [1.82, 2.24) is 14.5 Å². The number of benzene rings is 1. The van der Waals surface area contributed by atoms with Crippen molar-refractivity contribution in [3.63, 3.8) is 0 Å². The van der Waals surface area contributed by atoms with Gasteiger partial charge < -0.3 is 15.2 Å². The van der Waals surface area contributed by atoms with Gasteiger partial charge in [-0.05, 0) is 55.3 Å². The van der Waals surface area contributed by atoms with Gasteiger partial charge in [-0.3, -0.25) is 19.7 Å². The number of nitrogens with one attached hydrogen (secondary N) is 1. The molecule has 9 heteroatoms. The molecule has 0 bridgehead atoms. The van der Waals surface area contributed by atoms with E-state index in [0.717, 1.165) is 37.6 Å². The molecule has 2 heterocycles. The van der Waals surface area contributed by atoms with E-state index in [1.165, 1.54) is 30.6 Å². The third-order valence-electron chi connectivity index (χ3n) is 6.71. The van der Waals surface area contributed by atoms with Crippen molar-refractivity contribution in [2.75, 3.05) is 12.4 Å². The number of unbranched alkanes of at least 4 members (excludes halogenated alkanes) is 2. The Labute approximate surface area is 209 Å². The molecular formula is C26H33N5O3S. The van der Waals surface area contributed by atoms with Gasteiger partial charge in [-0.1, -0.05) is 31.7 Å². The predicted molar refractivity (Wildman–Crippen MR) is 139 cm³/mol. The van der Waals surface area contributed by atoms with Gasteiger partial charge >= 0.3 is 0 Å². The Kier molecular flexibility index (Phi) is 8.17. The monoisotopic (exact) mass is 495 g/mol. The van der Waals surface area contributed by atoms with Crippen LogP contribution in [0.5, 0.6) is 0 Å². The van der Waals surface area contributed by atoms with E-state index in [-0.39, 0.29) is 23.8 Å². The molecule has 1 fully saturated rings. The van der Waals surface area contributed by atoms with Crippen LogP contribution >= 0.6 is 11.3 Å². The summed E-state index contributed by atoms with van der Waals surface area (Å²) in [4.78, 5) is 44.1. The number of primary amides is 1. The first-order valence-corrected chi connectivity index (χ1v) is 13.2. The van der Waals surface area contributed by atoms with Crippen LogP contribution in [0.2, 0.25) is 0 Å². The Morgan fingerprint density at radius 2 is 1.94 bits per heavy atom. The molecule has 1 aliphatic carbocycles. The first-order chi connectivity index (χ1) is 16.9. The van der Waals surface area contributed by atoms with Gasteiger partial charge in [-0.15, -0.1) is 11.3 Å². The number of thiophene rings is 1. The topological polar surface area (TPSA) is 110 Å². The second-order valence-corrected chi connectivity index (χ2v) is 10.2. The fourth-order valence-corrected chi connectivity index (χ4v) is 5.36. The molecule has 3 N–H and O–H groups in total. The minimum Gasteiger partial charge on any atom is -0.370 e. The summed E-state index contributed by atoms with van der Waals surface area (Å²) in [5.74, 6) is -0.0431. The average molecular weight is 496 g/mol. The lowest BCUT2D eigenvalue weighted by Crippen LogP contribution is -2.38. The average Bonchev–Trinajstić information content (AvgIpc) is 3.51. The molecule has 1 aromatic carbocycles. The third-order valence-corrected chi connectivity index (χ3v) is 7.58. The summed E-state index contributed by atoms with van der Waals surface area (Å²) in [6.45, 7) is 0.630. The molecule has 0 aliphatic heterocycles. The maximum absolute atomic E-state index is 13.2. The van der Waals surface area contributed by atoms with E-state index >= 15 is 0 Å². The summed E-state index contributed by atoms with van der Waals surface area (Å²) >= 11 is 1.37. The van der Waals surface area contributed by atoms with Crippen molar-refractivity contribution < 1.29 is 14.4 Å². The van der Waals surface area contributed by atoms with Crippen LogP contribution < -0.4 is 11.1 Å². The number of nitrogens with two attached hydrogens (primary N) is 1. The second-order valence-electron chi connectivity index (χ2n) is 9.21. The van der Waals surface area contributed by atoms with E-state index in [1.807, 2.05) is 46.2 Å². The van der Waals surface area contributed by atoms with Crippen LogP contribution in [0.15, 0.2) is 35.7 Å². The van der Waals surface area contributed by atoms with Crippen LogP contribution in [0.25, 0.3) is 11.0 Å². The zero-order valence-corrected chi connectivity index (χ0v) is 21.0. The van der Waals surface area contributed by atoms with Crippen molar-refractivity contribution in [2.45, 2.75) is 70.4 Å². The lowest BCUT2D eigenvalue weighted by molar-refractivity contribution is -0.118. The van der Waals surface area contributed by atoms with E-state index in [4.69, 9.17) is 10.7 Å². The molecule has 1 saturated carbocycles. The van der Waals surface area contributed by atoms with Gasteiger partial charge in [-0.25, -0.2) is 4.98 Å². The number of nitrogens with zero attached hydrogens (tertiary/aromatic N) is 3. The fourth-order valence-electron chi connectivity index (χ4n) is 4.74. The molecule has 3 amide bonds. The van der Waals surface area contributed by atoms with Gasteiger partial charge in [0, 0.05) is 31.6 Å². The number of amides is 3. The molecule has 8 nitrogen and oxygen atoms in total. The van der Waals surface area contributed by atoms with Crippen LogP contribution in [0.3, 0.4) is 0 Å². The van der Waals surface area contributed by atoms with Gasteiger partial charge in [0.2, 0.25) is 11.9 Å². The van der Waals surface area contributed by atoms with Gasteiger partial charge in [0.25, 0.3) is 11.8 Å². The van der Waals surface area contributed by atoms with Gasteiger partial charge in [0.05, 0.1) is 15.9 Å². The molecule has 4 rings (SSSR count). The van der Waals surface area contributed by atoms with Gasteiger partial charge in [0.15, 0.2) is 0 Å². The number of fused-ring (bicyclic) bond motifs is 1. The van der Waals surface area contributed by atoms with Crippen molar-refractivity contribution in [3.05, 3.63) is 46.2 Å². The van der Waals surface area contributed by atoms with E-state index < -0.39 is 0 Å². The van der Waals surface area contributed by atoms with Crippen molar-refractivity contribution >= 4 is 46.0 Å². The smallest absolute Gasteiger partial charge is 0.268 e. The number of imidazole rings is 1. The molecule has 0 unspecified atom stereocenters. The van der Waals surface area contributed by atoms with E-state index in [0.29, 0.717) is 34.9 Å². The van der Waals surface area contributed by atoms with Gasteiger partial charge in [0.1, 0.15) is 0 Å². The van der Waals surface area contributed by atoms with Crippen LogP contribution in [0, 0.1) is 0 Å². The molecule has 0 atom stereocenters. The number of anilines is 1. The molecule has 0 saturated heterocycles. The molecule has 35 heavy (non-hydrogen) atoms. The highest BCUT2D eigenvalue weighted by atomic mass is 32.1. The first-order valence-electron chi connectivity index (χ1n) is 12.3. The second kappa shape index (κ2) is 11.5. The summed E-state index contributed by atoms with van der Waals surface area (Å²) in [6, 6.07) is 9.47. The minimum absolute atomic E-state index is 0.00368. The van der Waals surface area contributed by atoms with Crippen molar-refractivity contribution in [3.8, 4) is 0 Å². The van der Waals surface area contributed by atoms with Crippen LogP contribution in [0.1, 0.15) is 77.8 Å². The summed E-state index contributed by atoms with van der Waals surface area (Å²) in [5, 5.41) is 4.80. The summed E-state index contributed by atoms with van der Waals surface area (Å²) in [7, 11) is 1.89. The standard InChI is InChI=1S/C26H33N5O3S/c1-30(19-9-4-2-5-10-19)25(34)18-13-14-21-20(17-18)28-26(29-24(33)22-11-8-16-35-22)31(21)15-7-3-6-12-23(27)32/h8,11,13-14,16-17,19H,2-7,9-10,12,15H2,1H3,(H2,27,32)(H,28,29,33). The maximum atomic E-state index is 13.2. The lowest BCUT2D eigenvalue weighted by atomic mass is 9.94. The lowest BCUT2D eigenvalue weighted by Gasteiger charge is -2.31. The Morgan fingerprint density at radius 1 is 1.14 bits per heavy atom. The molecule has 1 aliphatic rings. The summed E-state index contributed by atoms with van der Waals surface area (Å²) in [5.41, 5.74) is 7.38. The normalized spacial score (nSPS) is 14.2. The maximum Gasteiger partial charge on any atom is 0.268 e. The Hall–Kier alpha value is -3.20. The van der Waals surface area contributed by atoms with Crippen LogP contribution in [-0.2, 0) is 11.3 Å². The Bertz CT molecular complexity index is 1180. The van der Waals surface area contributed by atoms with Crippen LogP contribution in [-0.4, -0.2) is 45.3 Å². The molecule has 3 aromatic rings. The largest absolute Gasteiger partial charge is 0.370 e. The number of aryl methyl sites for hydroxylation is 1. The van der Waals surface area contributed by atoms with Crippen molar-refractivity contribution in [1.29, 1.82) is 0 Å². The summed E-state index contributed by atoms with van der Waals surface area (Å²) in [6.07, 6.45) is 8.41.